The monoisotopic (exact) mass is 347 g/mol. The first-order valence-corrected chi connectivity index (χ1v) is 9.42. The molecule has 0 unspecified atom stereocenters. The first-order valence-electron chi connectivity index (χ1n) is 8.54. The standard InChI is InChI=1S/C18H25N3O2S/c1-2-15(22)13-19-8-10-20(11-9-19)18(23)17-6-3-7-21(17)14-16-5-4-12-24-16/h3-7,12,15,22H,2,8-11,13-14H2,1H3/t15-/m1/s1. The Balaban J connectivity index is 1.59. The topological polar surface area (TPSA) is 48.7 Å². The third kappa shape index (κ3) is 4.06. The lowest BCUT2D eigenvalue weighted by atomic mass is 10.2. The van der Waals surface area contributed by atoms with Gasteiger partial charge in [-0.05, 0) is 30.0 Å². The van der Waals surface area contributed by atoms with Crippen LogP contribution in [0.15, 0.2) is 35.8 Å². The molecule has 0 bridgehead atoms. The predicted molar refractivity (Wildman–Crippen MR) is 96.5 cm³/mol. The first kappa shape index (κ1) is 17.2. The Morgan fingerprint density at radius 2 is 2.04 bits per heavy atom. The number of nitrogens with zero attached hydrogens (tertiary/aromatic N) is 3. The van der Waals surface area contributed by atoms with Crippen molar-refractivity contribution >= 4 is 17.2 Å². The van der Waals surface area contributed by atoms with Crippen LogP contribution < -0.4 is 0 Å². The number of rotatable bonds is 6. The zero-order chi connectivity index (χ0) is 16.9. The van der Waals surface area contributed by atoms with Gasteiger partial charge in [0.05, 0.1) is 12.6 Å². The van der Waals surface area contributed by atoms with E-state index in [0.29, 0.717) is 6.54 Å². The summed E-state index contributed by atoms with van der Waals surface area (Å²) in [5, 5.41) is 11.8. The lowest BCUT2D eigenvalue weighted by Gasteiger charge is -2.35. The van der Waals surface area contributed by atoms with Gasteiger partial charge < -0.3 is 14.6 Å². The van der Waals surface area contributed by atoms with Crippen molar-refractivity contribution in [2.45, 2.75) is 26.0 Å². The minimum absolute atomic E-state index is 0.104. The summed E-state index contributed by atoms with van der Waals surface area (Å²) in [6.45, 7) is 6.54. The fourth-order valence-electron chi connectivity index (χ4n) is 3.04. The molecule has 0 saturated carbocycles. The number of piperazine rings is 1. The number of aliphatic hydroxyl groups is 1. The molecule has 130 valence electrons. The second kappa shape index (κ2) is 7.96. The van der Waals surface area contributed by atoms with Gasteiger partial charge in [-0.1, -0.05) is 13.0 Å². The Morgan fingerprint density at radius 3 is 2.71 bits per heavy atom. The average Bonchev–Trinajstić information content (AvgIpc) is 3.27. The van der Waals surface area contributed by atoms with Gasteiger partial charge in [-0.25, -0.2) is 0 Å². The van der Waals surface area contributed by atoms with E-state index in [0.717, 1.165) is 44.8 Å². The van der Waals surface area contributed by atoms with Gasteiger partial charge >= 0.3 is 0 Å². The van der Waals surface area contributed by atoms with Gasteiger partial charge in [-0.3, -0.25) is 9.69 Å². The second-order valence-corrected chi connectivity index (χ2v) is 7.29. The van der Waals surface area contributed by atoms with Crippen LogP contribution in [-0.2, 0) is 6.54 Å². The van der Waals surface area contributed by atoms with E-state index in [2.05, 4.69) is 16.3 Å². The van der Waals surface area contributed by atoms with Crippen molar-refractivity contribution in [3.05, 3.63) is 46.4 Å². The van der Waals surface area contributed by atoms with Crippen LogP contribution in [0.3, 0.4) is 0 Å². The molecule has 5 nitrogen and oxygen atoms in total. The normalized spacial score (nSPS) is 17.2. The zero-order valence-electron chi connectivity index (χ0n) is 14.1. The first-order chi connectivity index (χ1) is 11.7. The van der Waals surface area contributed by atoms with Crippen LogP contribution in [0, 0.1) is 0 Å². The number of hydrogen-bond donors (Lipinski definition) is 1. The van der Waals surface area contributed by atoms with E-state index in [1.54, 1.807) is 11.3 Å². The minimum atomic E-state index is -0.268. The maximum Gasteiger partial charge on any atom is 0.270 e. The molecule has 1 atom stereocenters. The molecule has 6 heteroatoms. The molecular formula is C18H25N3O2S. The molecule has 1 amide bonds. The van der Waals surface area contributed by atoms with Gasteiger partial charge in [0.1, 0.15) is 5.69 Å². The van der Waals surface area contributed by atoms with Crippen LogP contribution in [0.2, 0.25) is 0 Å². The van der Waals surface area contributed by atoms with Crippen LogP contribution >= 0.6 is 11.3 Å². The summed E-state index contributed by atoms with van der Waals surface area (Å²) in [7, 11) is 0. The molecule has 1 aliphatic rings. The van der Waals surface area contributed by atoms with E-state index in [1.165, 1.54) is 4.88 Å². The highest BCUT2D eigenvalue weighted by molar-refractivity contribution is 7.09. The highest BCUT2D eigenvalue weighted by Gasteiger charge is 2.24. The van der Waals surface area contributed by atoms with Gasteiger partial charge in [0.15, 0.2) is 0 Å². The molecular weight excluding hydrogens is 322 g/mol. The summed E-state index contributed by atoms with van der Waals surface area (Å²) in [6.07, 6.45) is 2.48. The van der Waals surface area contributed by atoms with E-state index in [4.69, 9.17) is 0 Å². The molecule has 2 aromatic heterocycles. The van der Waals surface area contributed by atoms with E-state index in [1.807, 2.05) is 40.8 Å². The minimum Gasteiger partial charge on any atom is -0.392 e. The number of amides is 1. The smallest absolute Gasteiger partial charge is 0.270 e. The van der Waals surface area contributed by atoms with Crippen LogP contribution in [0.4, 0.5) is 0 Å². The number of thiophene rings is 1. The molecule has 1 N–H and O–H groups in total. The molecule has 2 aromatic rings. The molecule has 0 spiro atoms. The van der Waals surface area contributed by atoms with E-state index >= 15 is 0 Å². The SMILES string of the molecule is CC[C@@H](O)CN1CCN(C(=O)c2cccn2Cc2cccs2)CC1. The number of β-amino-alcohol motifs (C(OH)–C–C–N with tert-alkyl or cyclic N) is 1. The number of aliphatic hydroxyl groups excluding tert-OH is 1. The van der Waals surface area contributed by atoms with Crippen molar-refractivity contribution in [3.8, 4) is 0 Å². The van der Waals surface area contributed by atoms with Crippen molar-refractivity contribution in [1.82, 2.24) is 14.4 Å². The maximum atomic E-state index is 12.8. The average molecular weight is 347 g/mol. The van der Waals surface area contributed by atoms with E-state index in [-0.39, 0.29) is 12.0 Å². The van der Waals surface area contributed by atoms with Gasteiger partial charge in [-0.15, -0.1) is 11.3 Å². The quantitative estimate of drug-likeness (QED) is 0.871. The van der Waals surface area contributed by atoms with E-state index < -0.39 is 0 Å². The second-order valence-electron chi connectivity index (χ2n) is 6.26. The van der Waals surface area contributed by atoms with Gasteiger partial charge in [-0.2, -0.15) is 0 Å². The molecule has 0 aromatic carbocycles. The Labute approximate surface area is 147 Å². The van der Waals surface area contributed by atoms with Gasteiger partial charge in [0.25, 0.3) is 5.91 Å². The zero-order valence-corrected chi connectivity index (χ0v) is 14.9. The van der Waals surface area contributed by atoms with Crippen LogP contribution in [0.25, 0.3) is 0 Å². The lowest BCUT2D eigenvalue weighted by Crippen LogP contribution is -2.50. The third-order valence-electron chi connectivity index (χ3n) is 4.55. The highest BCUT2D eigenvalue weighted by Crippen LogP contribution is 2.15. The fourth-order valence-corrected chi connectivity index (χ4v) is 3.74. The van der Waals surface area contributed by atoms with Crippen molar-refractivity contribution in [1.29, 1.82) is 0 Å². The van der Waals surface area contributed by atoms with Crippen molar-refractivity contribution in [2.24, 2.45) is 0 Å². The molecule has 3 heterocycles. The van der Waals surface area contributed by atoms with Gasteiger partial charge in [0, 0.05) is 43.8 Å². The maximum absolute atomic E-state index is 12.8. The molecule has 0 radical (unpaired) electrons. The highest BCUT2D eigenvalue weighted by atomic mass is 32.1. The summed E-state index contributed by atoms with van der Waals surface area (Å²) in [5.74, 6) is 0.104. The Hall–Kier alpha value is -1.63. The van der Waals surface area contributed by atoms with E-state index in [9.17, 15) is 9.90 Å². The number of carbonyl (C=O) groups is 1. The predicted octanol–water partition coefficient (Wildman–Crippen LogP) is 2.13. The van der Waals surface area contributed by atoms with Crippen LogP contribution in [-0.4, -0.2) is 64.2 Å². The van der Waals surface area contributed by atoms with Crippen LogP contribution in [0.1, 0.15) is 28.7 Å². The van der Waals surface area contributed by atoms with Crippen molar-refractivity contribution < 1.29 is 9.90 Å². The van der Waals surface area contributed by atoms with Crippen LogP contribution in [0.5, 0.6) is 0 Å². The fraction of sp³-hybridized carbons (Fsp3) is 0.500. The number of hydrogen-bond acceptors (Lipinski definition) is 4. The van der Waals surface area contributed by atoms with Gasteiger partial charge in [0.2, 0.25) is 0 Å². The third-order valence-corrected chi connectivity index (χ3v) is 5.42. The molecule has 1 fully saturated rings. The Morgan fingerprint density at radius 1 is 1.25 bits per heavy atom. The molecule has 0 aliphatic carbocycles. The molecule has 1 aliphatic heterocycles. The lowest BCUT2D eigenvalue weighted by molar-refractivity contribution is 0.0516. The summed E-state index contributed by atoms with van der Waals surface area (Å²) in [4.78, 5) is 18.2. The molecule has 3 rings (SSSR count). The molecule has 1 saturated heterocycles. The Kier molecular flexibility index (Phi) is 5.71. The van der Waals surface area contributed by atoms with Crippen molar-refractivity contribution in [3.63, 3.8) is 0 Å². The summed E-state index contributed by atoms with van der Waals surface area (Å²) < 4.78 is 2.03. The summed E-state index contributed by atoms with van der Waals surface area (Å²) >= 11 is 1.71. The number of carbonyl (C=O) groups excluding carboxylic acids is 1. The summed E-state index contributed by atoms with van der Waals surface area (Å²) in [5.41, 5.74) is 0.755. The largest absolute Gasteiger partial charge is 0.392 e. The number of aromatic nitrogens is 1. The van der Waals surface area contributed by atoms with Crippen molar-refractivity contribution in [2.75, 3.05) is 32.7 Å². The Bertz CT molecular complexity index is 645. The molecule has 24 heavy (non-hydrogen) atoms. The summed E-state index contributed by atoms with van der Waals surface area (Å²) in [6, 6.07) is 7.98.